The Labute approximate surface area is 184 Å². The molecule has 0 radical (unpaired) electrons. The van der Waals surface area contributed by atoms with Gasteiger partial charge in [-0.1, -0.05) is 33.1 Å². The van der Waals surface area contributed by atoms with Crippen LogP contribution in [0.5, 0.6) is 0 Å². The maximum Gasteiger partial charge on any atom is 0.330 e. The second-order valence-corrected chi connectivity index (χ2v) is 8.81. The highest BCUT2D eigenvalue weighted by Crippen LogP contribution is 2.17. The SMILES string of the molecule is CCCCCn1c(CCC(=O)N(C(C)C)C(C)C)nc2c1c(=O)[nH]c(=O)n2CCCC. The summed E-state index contributed by atoms with van der Waals surface area (Å²) >= 11 is 0. The molecule has 8 nitrogen and oxygen atoms in total. The number of carbonyl (C=O) groups excluding carboxylic acids is 1. The van der Waals surface area contributed by atoms with Crippen molar-refractivity contribution in [1.82, 2.24) is 24.0 Å². The first-order valence-corrected chi connectivity index (χ1v) is 11.8. The van der Waals surface area contributed by atoms with Gasteiger partial charge >= 0.3 is 5.69 Å². The van der Waals surface area contributed by atoms with Crippen molar-refractivity contribution in [3.05, 3.63) is 26.7 Å². The van der Waals surface area contributed by atoms with Gasteiger partial charge in [-0.05, 0) is 40.5 Å². The number of imidazole rings is 1. The third-order valence-electron chi connectivity index (χ3n) is 5.65. The molecule has 0 bridgehead atoms. The van der Waals surface area contributed by atoms with Crippen LogP contribution in [0.4, 0.5) is 0 Å². The Morgan fingerprint density at radius 1 is 0.968 bits per heavy atom. The van der Waals surface area contributed by atoms with Crippen molar-refractivity contribution in [3.63, 3.8) is 0 Å². The molecule has 0 fully saturated rings. The van der Waals surface area contributed by atoms with Crippen molar-refractivity contribution < 1.29 is 4.79 Å². The Bertz CT molecular complexity index is 975. The first kappa shape index (κ1) is 24.9. The summed E-state index contributed by atoms with van der Waals surface area (Å²) in [6.07, 6.45) is 5.55. The van der Waals surface area contributed by atoms with E-state index in [1.165, 1.54) is 0 Å². The van der Waals surface area contributed by atoms with E-state index in [4.69, 9.17) is 4.98 Å². The molecular weight excluding hydrogens is 394 g/mol. The summed E-state index contributed by atoms with van der Waals surface area (Å²) in [6, 6.07) is 0.246. The molecule has 0 saturated heterocycles. The van der Waals surface area contributed by atoms with E-state index in [2.05, 4.69) is 18.8 Å². The number of aryl methyl sites for hydroxylation is 3. The van der Waals surface area contributed by atoms with Gasteiger partial charge in [0.1, 0.15) is 5.82 Å². The molecule has 0 aliphatic carbocycles. The standard InChI is InChI=1S/C23H39N5O3/c1-7-9-11-15-26-18(12-13-19(29)28(16(3)4)17(5)6)24-21-20(26)22(30)25-23(31)27(21)14-10-8-2/h16-17H,7-15H2,1-6H3,(H,25,30,31). The van der Waals surface area contributed by atoms with Crippen molar-refractivity contribution in [3.8, 4) is 0 Å². The maximum absolute atomic E-state index is 12.9. The van der Waals surface area contributed by atoms with Crippen molar-refractivity contribution in [1.29, 1.82) is 0 Å². The molecule has 0 saturated carbocycles. The van der Waals surface area contributed by atoms with Crippen molar-refractivity contribution >= 4 is 17.1 Å². The first-order valence-electron chi connectivity index (χ1n) is 11.8. The molecule has 2 aromatic rings. The van der Waals surface area contributed by atoms with Gasteiger partial charge in [0.25, 0.3) is 5.56 Å². The monoisotopic (exact) mass is 433 g/mol. The van der Waals surface area contributed by atoms with E-state index in [-0.39, 0.29) is 18.0 Å². The molecule has 0 aliphatic heterocycles. The molecule has 8 heteroatoms. The van der Waals surface area contributed by atoms with E-state index >= 15 is 0 Å². The number of hydrogen-bond acceptors (Lipinski definition) is 4. The van der Waals surface area contributed by atoms with Gasteiger partial charge in [0.2, 0.25) is 5.91 Å². The highest BCUT2D eigenvalue weighted by atomic mass is 16.2. The maximum atomic E-state index is 12.9. The van der Waals surface area contributed by atoms with Crippen LogP contribution >= 0.6 is 0 Å². The van der Waals surface area contributed by atoms with E-state index in [0.29, 0.717) is 42.9 Å². The minimum Gasteiger partial charge on any atom is -0.338 e. The number of fused-ring (bicyclic) bond motifs is 1. The van der Waals surface area contributed by atoms with Crippen LogP contribution in [-0.2, 0) is 24.3 Å². The second-order valence-electron chi connectivity index (χ2n) is 8.81. The Kier molecular flexibility index (Phi) is 9.07. The molecule has 0 aliphatic rings. The molecule has 0 atom stereocenters. The molecule has 2 aromatic heterocycles. The summed E-state index contributed by atoms with van der Waals surface area (Å²) in [5.41, 5.74) is 0.0578. The predicted octanol–water partition coefficient (Wildman–Crippen LogP) is 3.45. The minimum atomic E-state index is -0.419. The number of aromatic amines is 1. The van der Waals surface area contributed by atoms with E-state index in [0.717, 1.165) is 32.1 Å². The molecule has 0 unspecified atom stereocenters. The minimum absolute atomic E-state index is 0.0782. The largest absolute Gasteiger partial charge is 0.338 e. The van der Waals surface area contributed by atoms with E-state index in [1.54, 1.807) is 4.57 Å². The van der Waals surface area contributed by atoms with Gasteiger partial charge in [0.15, 0.2) is 11.2 Å². The fraction of sp³-hybridized carbons (Fsp3) is 0.739. The van der Waals surface area contributed by atoms with E-state index in [9.17, 15) is 14.4 Å². The van der Waals surface area contributed by atoms with Gasteiger partial charge in [0.05, 0.1) is 0 Å². The molecule has 0 aromatic carbocycles. The number of rotatable bonds is 12. The summed E-state index contributed by atoms with van der Waals surface area (Å²) in [5.74, 6) is 0.780. The topological polar surface area (TPSA) is 93.0 Å². The lowest BCUT2D eigenvalue weighted by Gasteiger charge is -2.30. The summed E-state index contributed by atoms with van der Waals surface area (Å²) in [7, 11) is 0. The van der Waals surface area contributed by atoms with Crippen LogP contribution in [0.1, 0.15) is 85.9 Å². The number of nitrogens with zero attached hydrogens (tertiary/aromatic N) is 4. The van der Waals surface area contributed by atoms with Crippen molar-refractivity contribution in [2.75, 3.05) is 0 Å². The third-order valence-corrected chi connectivity index (χ3v) is 5.65. The first-order chi connectivity index (χ1) is 14.7. The highest BCUT2D eigenvalue weighted by molar-refractivity contribution is 5.77. The fourth-order valence-corrected chi connectivity index (χ4v) is 4.21. The Hall–Kier alpha value is -2.38. The average Bonchev–Trinajstić information content (AvgIpc) is 3.04. The summed E-state index contributed by atoms with van der Waals surface area (Å²) in [6.45, 7) is 13.4. The average molecular weight is 434 g/mol. The molecule has 31 heavy (non-hydrogen) atoms. The zero-order chi connectivity index (χ0) is 23.1. The zero-order valence-corrected chi connectivity index (χ0v) is 20.0. The van der Waals surface area contributed by atoms with Crippen molar-refractivity contribution in [2.45, 2.75) is 112 Å². The number of aromatic nitrogens is 4. The molecule has 1 amide bonds. The van der Waals surface area contributed by atoms with Crippen LogP contribution in [0.3, 0.4) is 0 Å². The Balaban J connectivity index is 2.47. The normalized spacial score (nSPS) is 11.7. The zero-order valence-electron chi connectivity index (χ0n) is 20.0. The Morgan fingerprint density at radius 2 is 1.58 bits per heavy atom. The van der Waals surface area contributed by atoms with Crippen LogP contribution in [-0.4, -0.2) is 42.0 Å². The van der Waals surface area contributed by atoms with E-state index < -0.39 is 11.2 Å². The van der Waals surface area contributed by atoms with Gasteiger partial charge in [-0.3, -0.25) is 19.1 Å². The van der Waals surface area contributed by atoms with Gasteiger partial charge < -0.3 is 9.47 Å². The molecule has 0 spiro atoms. The summed E-state index contributed by atoms with van der Waals surface area (Å²) in [4.78, 5) is 47.1. The van der Waals surface area contributed by atoms with Crippen LogP contribution in [0.2, 0.25) is 0 Å². The lowest BCUT2D eigenvalue weighted by atomic mass is 10.2. The van der Waals surface area contributed by atoms with Gasteiger partial charge in [-0.2, -0.15) is 0 Å². The van der Waals surface area contributed by atoms with Gasteiger partial charge in [-0.25, -0.2) is 9.78 Å². The summed E-state index contributed by atoms with van der Waals surface area (Å²) < 4.78 is 3.49. The number of carbonyl (C=O) groups is 1. The van der Waals surface area contributed by atoms with Gasteiger partial charge in [-0.15, -0.1) is 0 Å². The fourth-order valence-electron chi connectivity index (χ4n) is 4.21. The molecular formula is C23H39N5O3. The Morgan fingerprint density at radius 3 is 2.16 bits per heavy atom. The number of hydrogen-bond donors (Lipinski definition) is 1. The van der Waals surface area contributed by atoms with Crippen LogP contribution in [0.15, 0.2) is 9.59 Å². The predicted molar refractivity (Wildman–Crippen MR) is 124 cm³/mol. The second kappa shape index (κ2) is 11.3. The van der Waals surface area contributed by atoms with Crippen LogP contribution < -0.4 is 11.2 Å². The smallest absolute Gasteiger partial charge is 0.330 e. The quantitative estimate of drug-likeness (QED) is 0.519. The molecule has 2 heterocycles. The van der Waals surface area contributed by atoms with Crippen LogP contribution in [0.25, 0.3) is 11.2 Å². The third kappa shape index (κ3) is 5.86. The number of H-pyrrole nitrogens is 1. The van der Waals surface area contributed by atoms with E-state index in [1.807, 2.05) is 37.2 Å². The molecule has 174 valence electrons. The van der Waals surface area contributed by atoms with Gasteiger partial charge in [0, 0.05) is 38.0 Å². The number of amides is 1. The van der Waals surface area contributed by atoms with Crippen LogP contribution in [0, 0.1) is 0 Å². The highest BCUT2D eigenvalue weighted by Gasteiger charge is 2.22. The van der Waals surface area contributed by atoms with Crippen molar-refractivity contribution in [2.24, 2.45) is 0 Å². The summed E-state index contributed by atoms with van der Waals surface area (Å²) in [5, 5.41) is 0. The number of unbranched alkanes of at least 4 members (excludes halogenated alkanes) is 3. The molecule has 2 rings (SSSR count). The lowest BCUT2D eigenvalue weighted by molar-refractivity contribution is -0.134. The molecule has 1 N–H and O–H groups in total. The number of nitrogens with one attached hydrogen (secondary N) is 1. The lowest BCUT2D eigenvalue weighted by Crippen LogP contribution is -2.42.